The Morgan fingerprint density at radius 1 is 1.62 bits per heavy atom. The van der Waals surface area contributed by atoms with Gasteiger partial charge in [-0.25, -0.2) is 9.67 Å². The highest BCUT2D eigenvalue weighted by Crippen LogP contribution is 2.41. The predicted molar refractivity (Wildman–Crippen MR) is 92.7 cm³/mol. The molecule has 1 aliphatic rings. The van der Waals surface area contributed by atoms with Crippen molar-refractivity contribution in [1.82, 2.24) is 14.8 Å². The zero-order valence-electron chi connectivity index (χ0n) is 16.6. The fraction of sp³-hybridized carbons (Fsp3) is 0.467. The Labute approximate surface area is 163 Å². The molecule has 142 valence electrons. The lowest BCUT2D eigenvalue weighted by Crippen LogP contribution is -2.34. The number of hydrogen-bond acceptors (Lipinski definition) is 6. The highest BCUT2D eigenvalue weighted by molar-refractivity contribution is 6.35. The normalized spacial score (nSPS) is 28.3. The summed E-state index contributed by atoms with van der Waals surface area (Å²) in [4.78, 5) is 12.2. The smallest absolute Gasteiger partial charge is 0.291 e. The van der Waals surface area contributed by atoms with Crippen molar-refractivity contribution in [3.63, 3.8) is 0 Å². The number of halogens is 2. The van der Waals surface area contributed by atoms with Crippen LogP contribution in [0.3, 0.4) is 0 Å². The van der Waals surface area contributed by atoms with Gasteiger partial charge in [0.25, 0.3) is 5.09 Å². The van der Waals surface area contributed by atoms with Crippen LogP contribution in [0, 0.1) is 10.1 Å². The zero-order valence-corrected chi connectivity index (χ0v) is 15.1. The minimum atomic E-state index is -2.34. The largest absolute Gasteiger partial charge is 0.342 e. The lowest BCUT2D eigenvalue weighted by atomic mass is 10.1. The third-order valence-corrected chi connectivity index (χ3v) is 3.82. The van der Waals surface area contributed by atoms with Crippen molar-refractivity contribution in [2.75, 3.05) is 6.56 Å². The summed E-state index contributed by atoms with van der Waals surface area (Å²) in [6, 6.07) is 4.74. The van der Waals surface area contributed by atoms with Gasteiger partial charge < -0.3 is 14.7 Å². The molecule has 1 saturated heterocycles. The predicted octanol–water partition coefficient (Wildman–Crippen LogP) is 3.31. The molecule has 1 aromatic heterocycles. The summed E-state index contributed by atoms with van der Waals surface area (Å²) in [7, 11) is 0. The molecule has 1 N–H and O–H groups in total. The number of benzene rings is 1. The second-order valence-corrected chi connectivity index (χ2v) is 6.03. The summed E-state index contributed by atoms with van der Waals surface area (Å²) in [6.45, 7) is -0.507. The van der Waals surface area contributed by atoms with Crippen LogP contribution in [0.4, 0.5) is 0 Å². The van der Waals surface area contributed by atoms with E-state index < -0.39 is 23.5 Å². The average Bonchev–Trinajstić information content (AvgIpc) is 3.12. The van der Waals surface area contributed by atoms with Crippen molar-refractivity contribution in [2.24, 2.45) is 0 Å². The summed E-state index contributed by atoms with van der Waals surface area (Å²) in [5.74, 6) is -1.63. The third-order valence-electron chi connectivity index (χ3n) is 3.27. The molecule has 0 saturated carbocycles. The summed E-state index contributed by atoms with van der Waals surface area (Å²) < 4.78 is 38.0. The summed E-state index contributed by atoms with van der Waals surface area (Å²) >= 11 is 12.3. The van der Waals surface area contributed by atoms with Gasteiger partial charge >= 0.3 is 0 Å². The van der Waals surface area contributed by atoms with Gasteiger partial charge in [0.1, 0.15) is 19.2 Å². The summed E-state index contributed by atoms with van der Waals surface area (Å²) in [5.41, 5.74) is 0.378. The van der Waals surface area contributed by atoms with E-state index >= 15 is 0 Å². The first kappa shape index (κ1) is 16.2. The fourth-order valence-corrected chi connectivity index (χ4v) is 2.85. The molecular formula is C15H18Cl2N4O5. The molecule has 1 fully saturated rings. The topological polar surface area (TPSA) is 113 Å². The molecule has 2 atom stereocenters. The van der Waals surface area contributed by atoms with E-state index in [4.69, 9.17) is 52.1 Å². The Kier molecular flexibility index (Phi) is 5.71. The van der Waals surface area contributed by atoms with E-state index in [0.717, 1.165) is 0 Å². The van der Waals surface area contributed by atoms with Crippen LogP contribution >= 0.6 is 23.2 Å². The lowest BCUT2D eigenvalue weighted by molar-refractivity contribution is -0.742. The van der Waals surface area contributed by atoms with Crippen molar-refractivity contribution >= 4 is 23.2 Å². The van der Waals surface area contributed by atoms with Crippen molar-refractivity contribution in [3.05, 3.63) is 56.6 Å². The van der Waals surface area contributed by atoms with Crippen LogP contribution in [0.25, 0.3) is 0 Å². The maximum atomic E-state index is 8.49. The van der Waals surface area contributed by atoms with E-state index in [1.165, 1.54) is 23.4 Å². The van der Waals surface area contributed by atoms with Crippen molar-refractivity contribution in [1.29, 1.82) is 0 Å². The van der Waals surface area contributed by atoms with Gasteiger partial charge in [-0.05, 0) is 18.6 Å². The molecule has 0 aliphatic carbocycles. The molecule has 0 amide bonds. The lowest BCUT2D eigenvalue weighted by Gasteiger charge is -2.29. The standard InChI is InChI=1S/C15H17Cl2N3O2.HNO3/c1-2-3-12-7-21-15(22-12,8-20-10-18-9-19-20)13-5-4-11(16)6-14(13)17;2-1(3)4/h4-6,9-10,12H,2-3,7-8H2,1H3;(H,2,3,4)/i7D2,12D;. The second-order valence-electron chi connectivity index (χ2n) is 5.19. The van der Waals surface area contributed by atoms with E-state index in [-0.39, 0.29) is 18.0 Å². The van der Waals surface area contributed by atoms with Crippen LogP contribution in [0.5, 0.6) is 0 Å². The second kappa shape index (κ2) is 9.13. The van der Waals surface area contributed by atoms with Gasteiger partial charge in [-0.3, -0.25) is 0 Å². The molecule has 2 aromatic rings. The van der Waals surface area contributed by atoms with Gasteiger partial charge in [0.2, 0.25) is 5.79 Å². The highest BCUT2D eigenvalue weighted by atomic mass is 35.5. The monoisotopic (exact) mass is 407 g/mol. The van der Waals surface area contributed by atoms with Crippen molar-refractivity contribution < 1.29 is 23.9 Å². The number of hydrogen-bond donors (Lipinski definition) is 1. The van der Waals surface area contributed by atoms with Crippen LogP contribution in [-0.4, -0.2) is 37.7 Å². The van der Waals surface area contributed by atoms with E-state index in [2.05, 4.69) is 10.1 Å². The Bertz CT molecular complexity index is 856. The van der Waals surface area contributed by atoms with Gasteiger partial charge in [0.15, 0.2) is 0 Å². The Morgan fingerprint density at radius 2 is 2.35 bits per heavy atom. The molecule has 0 spiro atoms. The SMILES string of the molecule is O=[N+]([O-])O.[2H]C1([2H])OC(Cn2cncn2)(c2ccc(Cl)cc2Cl)OC1([2H])CCC. The summed E-state index contributed by atoms with van der Waals surface area (Å²) in [6.07, 6.45) is 1.63. The fourth-order valence-electron chi connectivity index (χ4n) is 2.29. The Balaban J connectivity index is 0.000000687. The first-order chi connectivity index (χ1) is 13.4. The van der Waals surface area contributed by atoms with Gasteiger partial charge in [-0.15, -0.1) is 10.1 Å². The molecule has 26 heavy (non-hydrogen) atoms. The molecule has 2 heterocycles. The van der Waals surface area contributed by atoms with E-state index in [1.54, 1.807) is 12.1 Å². The van der Waals surface area contributed by atoms with Crippen molar-refractivity contribution in [3.8, 4) is 0 Å². The maximum Gasteiger partial charge on any atom is 0.291 e. The first-order valence-electron chi connectivity index (χ1n) is 8.96. The first-order valence-corrected chi connectivity index (χ1v) is 8.22. The minimum Gasteiger partial charge on any atom is -0.342 e. The van der Waals surface area contributed by atoms with Gasteiger partial charge in [-0.1, -0.05) is 42.6 Å². The van der Waals surface area contributed by atoms with Crippen LogP contribution in [0.1, 0.15) is 29.4 Å². The van der Waals surface area contributed by atoms with E-state index in [9.17, 15) is 0 Å². The minimum absolute atomic E-state index is 0.0157. The maximum absolute atomic E-state index is 8.49. The van der Waals surface area contributed by atoms with E-state index in [1.807, 2.05) is 6.92 Å². The molecule has 2 unspecified atom stereocenters. The number of aromatic nitrogens is 3. The van der Waals surface area contributed by atoms with Crippen LogP contribution in [0.2, 0.25) is 10.0 Å². The van der Waals surface area contributed by atoms with Crippen LogP contribution in [0.15, 0.2) is 30.9 Å². The molecule has 3 rings (SSSR count). The number of nitrogens with zero attached hydrogens (tertiary/aromatic N) is 4. The van der Waals surface area contributed by atoms with Crippen LogP contribution in [-0.2, 0) is 21.8 Å². The molecule has 1 aromatic carbocycles. The molecule has 11 heteroatoms. The van der Waals surface area contributed by atoms with Crippen LogP contribution < -0.4 is 0 Å². The highest BCUT2D eigenvalue weighted by Gasteiger charge is 2.45. The molecule has 1 aliphatic heterocycles. The van der Waals surface area contributed by atoms with Gasteiger partial charge in [0, 0.05) is 10.6 Å². The number of ether oxygens (including phenoxy) is 2. The zero-order chi connectivity index (χ0) is 21.9. The van der Waals surface area contributed by atoms with Gasteiger partial charge in [-0.2, -0.15) is 5.10 Å². The summed E-state index contributed by atoms with van der Waals surface area (Å²) in [5, 5.41) is 18.4. The Hall–Kier alpha value is -1.94. The number of rotatable bonds is 5. The molecule has 0 bridgehead atoms. The average molecular weight is 408 g/mol. The molecular weight excluding hydrogens is 387 g/mol. The van der Waals surface area contributed by atoms with E-state index in [0.29, 0.717) is 17.0 Å². The Morgan fingerprint density at radius 3 is 2.92 bits per heavy atom. The van der Waals surface area contributed by atoms with Crippen molar-refractivity contribution in [2.45, 2.75) is 38.2 Å². The molecule has 9 nitrogen and oxygen atoms in total. The quantitative estimate of drug-likeness (QED) is 0.597. The third kappa shape index (κ3) is 5.28. The molecule has 0 radical (unpaired) electrons. The van der Waals surface area contributed by atoms with Gasteiger partial charge in [0.05, 0.1) is 21.8 Å².